The van der Waals surface area contributed by atoms with E-state index in [1.165, 1.54) is 0 Å². The Labute approximate surface area is 139 Å². The Morgan fingerprint density at radius 2 is 2.00 bits per heavy atom. The Kier molecular flexibility index (Phi) is 3.59. The van der Waals surface area contributed by atoms with E-state index in [0.29, 0.717) is 5.25 Å². The lowest BCUT2D eigenvalue weighted by molar-refractivity contribution is 0.321. The van der Waals surface area contributed by atoms with Gasteiger partial charge in [0.1, 0.15) is 6.04 Å². The molecule has 3 atom stereocenters. The molecule has 3 nitrogen and oxygen atoms in total. The van der Waals surface area contributed by atoms with Gasteiger partial charge in [0.15, 0.2) is 5.17 Å². The Balaban J connectivity index is 1.81. The van der Waals surface area contributed by atoms with Crippen molar-refractivity contribution in [2.45, 2.75) is 24.3 Å². The van der Waals surface area contributed by atoms with Gasteiger partial charge in [-0.3, -0.25) is 9.98 Å². The van der Waals surface area contributed by atoms with Crippen molar-refractivity contribution in [1.82, 2.24) is 9.88 Å². The first kappa shape index (κ1) is 14.1. The molecule has 0 amide bonds. The molecule has 1 fully saturated rings. The molecular formula is C17H16ClN3S. The number of aliphatic imine (C=N–C) groups is 1. The number of halogens is 1. The molecule has 22 heavy (non-hydrogen) atoms. The van der Waals surface area contributed by atoms with Crippen LogP contribution in [0.3, 0.4) is 0 Å². The van der Waals surface area contributed by atoms with E-state index in [0.717, 1.165) is 28.0 Å². The molecule has 2 aliphatic heterocycles. The predicted molar refractivity (Wildman–Crippen MR) is 92.4 cm³/mol. The van der Waals surface area contributed by atoms with Gasteiger partial charge < -0.3 is 4.90 Å². The zero-order valence-electron chi connectivity index (χ0n) is 12.2. The molecule has 3 unspecified atom stereocenters. The zero-order valence-corrected chi connectivity index (χ0v) is 13.8. The van der Waals surface area contributed by atoms with Crippen LogP contribution in [0.4, 0.5) is 0 Å². The molecule has 0 saturated carbocycles. The maximum Gasteiger partial charge on any atom is 0.160 e. The van der Waals surface area contributed by atoms with Crippen molar-refractivity contribution in [3.8, 4) is 0 Å². The van der Waals surface area contributed by atoms with E-state index >= 15 is 0 Å². The molecule has 5 heteroatoms. The fraction of sp³-hybridized carbons (Fsp3) is 0.294. The van der Waals surface area contributed by atoms with Gasteiger partial charge in [0.25, 0.3) is 0 Å². The summed E-state index contributed by atoms with van der Waals surface area (Å²) in [5.41, 5.74) is 2.14. The summed E-state index contributed by atoms with van der Waals surface area (Å²) in [7, 11) is 0. The second-order valence-corrected chi connectivity index (χ2v) is 7.47. The van der Waals surface area contributed by atoms with Crippen molar-refractivity contribution in [2.24, 2.45) is 4.99 Å². The van der Waals surface area contributed by atoms with Gasteiger partial charge >= 0.3 is 0 Å². The fourth-order valence-electron chi connectivity index (χ4n) is 3.17. The second-order valence-electron chi connectivity index (χ2n) is 5.66. The minimum atomic E-state index is 0.0103. The summed E-state index contributed by atoms with van der Waals surface area (Å²) in [4.78, 5) is 11.9. The minimum Gasteiger partial charge on any atom is -0.341 e. The van der Waals surface area contributed by atoms with Crippen LogP contribution in [0.1, 0.15) is 30.3 Å². The van der Waals surface area contributed by atoms with Gasteiger partial charge in [-0.25, -0.2) is 0 Å². The molecule has 2 aliphatic rings. The number of hydrogen-bond acceptors (Lipinski definition) is 4. The van der Waals surface area contributed by atoms with Crippen LogP contribution < -0.4 is 0 Å². The number of nitrogens with zero attached hydrogens (tertiary/aromatic N) is 3. The van der Waals surface area contributed by atoms with Crippen molar-refractivity contribution >= 4 is 28.5 Å². The number of benzene rings is 1. The van der Waals surface area contributed by atoms with Crippen molar-refractivity contribution in [3.63, 3.8) is 0 Å². The highest BCUT2D eigenvalue weighted by molar-refractivity contribution is 8.14. The minimum absolute atomic E-state index is 0.0103. The van der Waals surface area contributed by atoms with Gasteiger partial charge in [0.2, 0.25) is 0 Å². The van der Waals surface area contributed by atoms with E-state index in [2.05, 4.69) is 28.9 Å². The second kappa shape index (κ2) is 5.60. The molecule has 1 aromatic heterocycles. The monoisotopic (exact) mass is 329 g/mol. The van der Waals surface area contributed by atoms with E-state index in [-0.39, 0.29) is 12.1 Å². The van der Waals surface area contributed by atoms with Crippen LogP contribution in [0.25, 0.3) is 0 Å². The summed E-state index contributed by atoms with van der Waals surface area (Å²) in [6.45, 7) is 3.24. The summed E-state index contributed by atoms with van der Waals surface area (Å²) in [6.07, 6.45) is 1.83. The Bertz CT molecular complexity index is 719. The smallest absolute Gasteiger partial charge is 0.160 e. The third-order valence-electron chi connectivity index (χ3n) is 4.11. The fourth-order valence-corrected chi connectivity index (χ4v) is 4.51. The summed E-state index contributed by atoms with van der Waals surface area (Å²) >= 11 is 8.32. The van der Waals surface area contributed by atoms with Gasteiger partial charge in [-0.15, -0.1) is 0 Å². The molecule has 0 N–H and O–H groups in total. The van der Waals surface area contributed by atoms with E-state index in [9.17, 15) is 0 Å². The molecule has 0 spiro atoms. The summed E-state index contributed by atoms with van der Waals surface area (Å²) in [5.74, 6) is 0. The van der Waals surface area contributed by atoms with E-state index in [1.807, 2.05) is 48.3 Å². The molecule has 2 aromatic rings. The zero-order chi connectivity index (χ0) is 15.1. The first-order chi connectivity index (χ1) is 10.7. The van der Waals surface area contributed by atoms with Crippen LogP contribution in [0.5, 0.6) is 0 Å². The molecule has 1 aromatic carbocycles. The molecule has 3 heterocycles. The van der Waals surface area contributed by atoms with E-state index in [1.54, 1.807) is 0 Å². The van der Waals surface area contributed by atoms with Crippen molar-refractivity contribution in [3.05, 3.63) is 64.9 Å². The summed E-state index contributed by atoms with van der Waals surface area (Å²) < 4.78 is 0. The SMILES string of the molecule is CC1CN2C(=NC(c3ccccn3)C2c2ccccc2Cl)S1. The molecule has 0 aliphatic carbocycles. The standard InChI is InChI=1S/C17H16ClN3S/c1-11-10-21-16(12-6-2-3-7-13(12)18)15(20-17(21)22-11)14-8-4-5-9-19-14/h2-9,11,15-16H,10H2,1H3. The lowest BCUT2D eigenvalue weighted by atomic mass is 9.96. The van der Waals surface area contributed by atoms with E-state index < -0.39 is 0 Å². The normalized spacial score (nSPS) is 26.9. The highest BCUT2D eigenvalue weighted by atomic mass is 35.5. The van der Waals surface area contributed by atoms with Crippen LogP contribution in [0.15, 0.2) is 53.7 Å². The first-order valence-corrected chi connectivity index (χ1v) is 8.66. The molecule has 0 bridgehead atoms. The average Bonchev–Trinajstić information content (AvgIpc) is 3.05. The van der Waals surface area contributed by atoms with E-state index in [4.69, 9.17) is 16.6 Å². The number of pyridine rings is 1. The maximum absolute atomic E-state index is 6.48. The number of thioether (sulfide) groups is 1. The van der Waals surface area contributed by atoms with Crippen LogP contribution >= 0.6 is 23.4 Å². The molecule has 1 saturated heterocycles. The van der Waals surface area contributed by atoms with Crippen molar-refractivity contribution in [1.29, 1.82) is 0 Å². The highest BCUT2D eigenvalue weighted by Crippen LogP contribution is 2.48. The lowest BCUT2D eigenvalue weighted by Gasteiger charge is -2.28. The van der Waals surface area contributed by atoms with Crippen LogP contribution in [-0.4, -0.2) is 26.8 Å². The van der Waals surface area contributed by atoms with Crippen LogP contribution in [0.2, 0.25) is 5.02 Å². The quantitative estimate of drug-likeness (QED) is 0.821. The van der Waals surface area contributed by atoms with Gasteiger partial charge in [0.05, 0.1) is 11.7 Å². The predicted octanol–water partition coefficient (Wildman–Crippen LogP) is 4.32. The topological polar surface area (TPSA) is 28.5 Å². The van der Waals surface area contributed by atoms with Crippen LogP contribution in [0, 0.1) is 0 Å². The van der Waals surface area contributed by atoms with Crippen molar-refractivity contribution < 1.29 is 0 Å². The molecule has 112 valence electrons. The lowest BCUT2D eigenvalue weighted by Crippen LogP contribution is -2.28. The Hall–Kier alpha value is -1.52. The third kappa shape index (κ3) is 2.31. The first-order valence-electron chi connectivity index (χ1n) is 7.40. The molecular weight excluding hydrogens is 314 g/mol. The molecule has 4 rings (SSSR count). The number of aromatic nitrogens is 1. The summed E-state index contributed by atoms with van der Waals surface area (Å²) in [6, 6.07) is 14.2. The number of amidine groups is 1. The Morgan fingerprint density at radius 3 is 2.77 bits per heavy atom. The molecule has 0 radical (unpaired) electrons. The maximum atomic E-state index is 6.48. The number of hydrogen-bond donors (Lipinski definition) is 0. The third-order valence-corrected chi connectivity index (χ3v) is 5.55. The average molecular weight is 330 g/mol. The summed E-state index contributed by atoms with van der Waals surface area (Å²) in [5, 5.41) is 2.48. The van der Waals surface area contributed by atoms with Crippen LogP contribution in [-0.2, 0) is 0 Å². The number of rotatable bonds is 2. The van der Waals surface area contributed by atoms with Gasteiger partial charge in [-0.2, -0.15) is 0 Å². The number of fused-ring (bicyclic) bond motifs is 1. The largest absolute Gasteiger partial charge is 0.341 e. The van der Waals surface area contributed by atoms with Gasteiger partial charge in [-0.1, -0.05) is 54.6 Å². The Morgan fingerprint density at radius 1 is 1.18 bits per heavy atom. The van der Waals surface area contributed by atoms with Crippen molar-refractivity contribution in [2.75, 3.05) is 6.54 Å². The van der Waals surface area contributed by atoms with Gasteiger partial charge in [0, 0.05) is 23.0 Å². The van der Waals surface area contributed by atoms with Gasteiger partial charge in [-0.05, 0) is 23.8 Å². The highest BCUT2D eigenvalue weighted by Gasteiger charge is 2.44.